The molecule has 66 valence electrons. The Labute approximate surface area is 78.3 Å². The van der Waals surface area contributed by atoms with Crippen LogP contribution in [0.1, 0.15) is 13.3 Å². The van der Waals surface area contributed by atoms with Crippen LogP contribution in [0.25, 0.3) is 0 Å². The Bertz CT molecular complexity index is 210. The number of hydrogen-bond acceptors (Lipinski definition) is 1. The molecule has 0 aromatic heterocycles. The second kappa shape index (κ2) is 5.04. The van der Waals surface area contributed by atoms with E-state index in [0.717, 1.165) is 12.2 Å². The summed E-state index contributed by atoms with van der Waals surface area (Å²) in [6.07, 6.45) is 0.939. The van der Waals surface area contributed by atoms with E-state index in [2.05, 4.69) is 0 Å². The molecule has 0 amide bonds. The van der Waals surface area contributed by atoms with Crippen LogP contribution in [0, 0.1) is 0 Å². The lowest BCUT2D eigenvalue weighted by Gasteiger charge is -2.08. The lowest BCUT2D eigenvalue weighted by atomic mass is 10.3. The van der Waals surface area contributed by atoms with Gasteiger partial charge in [0.25, 0.3) is 0 Å². The van der Waals surface area contributed by atoms with Gasteiger partial charge in [0, 0.05) is 0 Å². The fraction of sp³-hybridized carbons (Fsp3) is 0.400. The third kappa shape index (κ3) is 3.14. The monoisotopic (exact) mass is 184 g/mol. The standard InChI is InChI=1S/C10H13ClO/c1-2-9(11)8-12-10-6-4-3-5-7-10/h3-7,9H,2,8H2,1H3. The highest BCUT2D eigenvalue weighted by atomic mass is 35.5. The fourth-order valence-corrected chi connectivity index (χ4v) is 0.884. The summed E-state index contributed by atoms with van der Waals surface area (Å²) in [6, 6.07) is 9.72. The first kappa shape index (κ1) is 9.40. The van der Waals surface area contributed by atoms with Crippen LogP contribution in [0.4, 0.5) is 0 Å². The van der Waals surface area contributed by atoms with E-state index in [4.69, 9.17) is 16.3 Å². The second-order valence-corrected chi connectivity index (χ2v) is 3.25. The van der Waals surface area contributed by atoms with Crippen molar-refractivity contribution in [1.29, 1.82) is 0 Å². The van der Waals surface area contributed by atoms with Crippen LogP contribution in [0.5, 0.6) is 5.75 Å². The molecule has 0 aliphatic heterocycles. The molecule has 0 bridgehead atoms. The van der Waals surface area contributed by atoms with Crippen molar-refractivity contribution in [3.05, 3.63) is 30.3 Å². The first-order valence-corrected chi connectivity index (χ1v) is 4.58. The van der Waals surface area contributed by atoms with Crippen molar-refractivity contribution >= 4 is 11.6 Å². The van der Waals surface area contributed by atoms with Gasteiger partial charge in [-0.05, 0) is 18.6 Å². The van der Waals surface area contributed by atoms with Crippen LogP contribution in [0.3, 0.4) is 0 Å². The van der Waals surface area contributed by atoms with Crippen molar-refractivity contribution in [3.8, 4) is 5.75 Å². The summed E-state index contributed by atoms with van der Waals surface area (Å²) in [4.78, 5) is 0. The topological polar surface area (TPSA) is 9.23 Å². The average Bonchev–Trinajstić information content (AvgIpc) is 2.16. The molecule has 0 fully saturated rings. The van der Waals surface area contributed by atoms with Crippen molar-refractivity contribution in [2.45, 2.75) is 18.7 Å². The molecule has 0 spiro atoms. The summed E-state index contributed by atoms with van der Waals surface area (Å²) in [5.74, 6) is 0.886. The molecule has 0 heterocycles. The van der Waals surface area contributed by atoms with E-state index in [1.807, 2.05) is 37.3 Å². The zero-order chi connectivity index (χ0) is 8.81. The van der Waals surface area contributed by atoms with Gasteiger partial charge in [0.1, 0.15) is 12.4 Å². The molecule has 0 radical (unpaired) electrons. The summed E-state index contributed by atoms with van der Waals surface area (Å²) in [5.41, 5.74) is 0. The summed E-state index contributed by atoms with van der Waals surface area (Å²) in [7, 11) is 0. The Morgan fingerprint density at radius 2 is 2.00 bits per heavy atom. The molecular formula is C10H13ClO. The second-order valence-electron chi connectivity index (χ2n) is 2.63. The molecule has 2 heteroatoms. The van der Waals surface area contributed by atoms with E-state index in [0.29, 0.717) is 6.61 Å². The van der Waals surface area contributed by atoms with Crippen molar-refractivity contribution < 1.29 is 4.74 Å². The van der Waals surface area contributed by atoms with Gasteiger partial charge < -0.3 is 4.74 Å². The largest absolute Gasteiger partial charge is 0.492 e. The minimum absolute atomic E-state index is 0.116. The zero-order valence-corrected chi connectivity index (χ0v) is 7.92. The van der Waals surface area contributed by atoms with Gasteiger partial charge in [0.15, 0.2) is 0 Å². The summed E-state index contributed by atoms with van der Waals surface area (Å²) >= 11 is 5.89. The van der Waals surface area contributed by atoms with Crippen LogP contribution in [0.15, 0.2) is 30.3 Å². The molecule has 1 atom stereocenters. The van der Waals surface area contributed by atoms with Crippen LogP contribution in [-0.2, 0) is 0 Å². The number of rotatable bonds is 4. The van der Waals surface area contributed by atoms with Gasteiger partial charge >= 0.3 is 0 Å². The van der Waals surface area contributed by atoms with Crippen LogP contribution >= 0.6 is 11.6 Å². The molecule has 1 aromatic carbocycles. The van der Waals surface area contributed by atoms with E-state index in [1.54, 1.807) is 0 Å². The maximum Gasteiger partial charge on any atom is 0.119 e. The Morgan fingerprint density at radius 1 is 1.33 bits per heavy atom. The summed E-state index contributed by atoms with van der Waals surface area (Å²) in [5, 5.41) is 0.116. The van der Waals surface area contributed by atoms with E-state index in [-0.39, 0.29) is 5.38 Å². The number of alkyl halides is 1. The van der Waals surface area contributed by atoms with Gasteiger partial charge in [0.05, 0.1) is 5.38 Å². The maximum absolute atomic E-state index is 5.89. The third-order valence-electron chi connectivity index (χ3n) is 1.62. The highest BCUT2D eigenvalue weighted by Gasteiger charge is 2.00. The highest BCUT2D eigenvalue weighted by molar-refractivity contribution is 6.20. The number of halogens is 1. The molecule has 1 nitrogen and oxygen atoms in total. The predicted octanol–water partition coefficient (Wildman–Crippen LogP) is 3.08. The number of ether oxygens (including phenoxy) is 1. The third-order valence-corrected chi connectivity index (χ3v) is 2.05. The molecule has 0 saturated heterocycles. The highest BCUT2D eigenvalue weighted by Crippen LogP contribution is 2.10. The van der Waals surface area contributed by atoms with Crippen molar-refractivity contribution in [2.75, 3.05) is 6.61 Å². The SMILES string of the molecule is CCC(Cl)COc1ccccc1. The van der Waals surface area contributed by atoms with E-state index in [9.17, 15) is 0 Å². The van der Waals surface area contributed by atoms with Crippen molar-refractivity contribution in [1.82, 2.24) is 0 Å². The van der Waals surface area contributed by atoms with E-state index < -0.39 is 0 Å². The van der Waals surface area contributed by atoms with Gasteiger partial charge in [-0.2, -0.15) is 0 Å². The molecule has 12 heavy (non-hydrogen) atoms. The van der Waals surface area contributed by atoms with E-state index >= 15 is 0 Å². The smallest absolute Gasteiger partial charge is 0.119 e. The number of benzene rings is 1. The minimum atomic E-state index is 0.116. The number of para-hydroxylation sites is 1. The Balaban J connectivity index is 2.33. The molecule has 1 unspecified atom stereocenters. The van der Waals surface area contributed by atoms with Gasteiger partial charge in [-0.15, -0.1) is 11.6 Å². The van der Waals surface area contributed by atoms with Gasteiger partial charge in [-0.1, -0.05) is 25.1 Å². The molecule has 0 aliphatic rings. The number of hydrogen-bond donors (Lipinski definition) is 0. The predicted molar refractivity (Wildman–Crippen MR) is 51.9 cm³/mol. The lowest BCUT2D eigenvalue weighted by Crippen LogP contribution is -2.09. The molecule has 0 N–H and O–H groups in total. The van der Waals surface area contributed by atoms with Crippen molar-refractivity contribution in [3.63, 3.8) is 0 Å². The van der Waals surface area contributed by atoms with Crippen LogP contribution < -0.4 is 4.74 Å². The fourth-order valence-electron chi connectivity index (χ4n) is 0.821. The maximum atomic E-state index is 5.89. The van der Waals surface area contributed by atoms with Crippen molar-refractivity contribution in [2.24, 2.45) is 0 Å². The normalized spacial score (nSPS) is 12.5. The molecule has 1 rings (SSSR count). The Hall–Kier alpha value is -0.690. The first-order valence-electron chi connectivity index (χ1n) is 4.15. The lowest BCUT2D eigenvalue weighted by molar-refractivity contribution is 0.312. The quantitative estimate of drug-likeness (QED) is 0.654. The van der Waals surface area contributed by atoms with Gasteiger partial charge in [0.2, 0.25) is 0 Å². The van der Waals surface area contributed by atoms with Gasteiger partial charge in [-0.3, -0.25) is 0 Å². The minimum Gasteiger partial charge on any atom is -0.492 e. The van der Waals surface area contributed by atoms with Gasteiger partial charge in [-0.25, -0.2) is 0 Å². The summed E-state index contributed by atoms with van der Waals surface area (Å²) in [6.45, 7) is 2.63. The molecule has 1 aromatic rings. The molecular weight excluding hydrogens is 172 g/mol. The Kier molecular flexibility index (Phi) is 3.95. The summed E-state index contributed by atoms with van der Waals surface area (Å²) < 4.78 is 5.43. The zero-order valence-electron chi connectivity index (χ0n) is 7.16. The van der Waals surface area contributed by atoms with E-state index in [1.165, 1.54) is 0 Å². The van der Waals surface area contributed by atoms with Crippen LogP contribution in [0.2, 0.25) is 0 Å². The Morgan fingerprint density at radius 3 is 2.58 bits per heavy atom. The molecule has 0 aliphatic carbocycles. The molecule has 0 saturated carbocycles. The first-order chi connectivity index (χ1) is 5.83. The average molecular weight is 185 g/mol. The van der Waals surface area contributed by atoms with Crippen LogP contribution in [-0.4, -0.2) is 12.0 Å².